The lowest BCUT2D eigenvalue weighted by Gasteiger charge is -2.20. The molecule has 0 radical (unpaired) electrons. The van der Waals surface area contributed by atoms with Crippen LogP contribution in [0.5, 0.6) is 5.75 Å². The van der Waals surface area contributed by atoms with E-state index in [1.807, 2.05) is 6.92 Å². The van der Waals surface area contributed by atoms with Crippen molar-refractivity contribution in [2.24, 2.45) is 0 Å². The Morgan fingerprint density at radius 2 is 2.00 bits per heavy atom. The second-order valence-corrected chi connectivity index (χ2v) is 5.07. The van der Waals surface area contributed by atoms with Crippen molar-refractivity contribution in [2.45, 2.75) is 46.3 Å². The number of ether oxygens (including phenoxy) is 2. The normalized spacial score (nSPS) is 14.2. The predicted molar refractivity (Wildman–Crippen MR) is 79.9 cm³/mol. The second-order valence-electron chi connectivity index (χ2n) is 5.07. The molecular formula is C16H27NO2. The Kier molecular flexibility index (Phi) is 6.89. The number of hydrogen-bond acceptors (Lipinski definition) is 3. The Morgan fingerprint density at radius 1 is 1.26 bits per heavy atom. The molecule has 19 heavy (non-hydrogen) atoms. The molecule has 1 N–H and O–H groups in total. The second kappa shape index (κ2) is 8.18. The highest BCUT2D eigenvalue weighted by molar-refractivity contribution is 5.39. The Labute approximate surface area is 117 Å². The van der Waals surface area contributed by atoms with Gasteiger partial charge < -0.3 is 14.8 Å². The van der Waals surface area contributed by atoms with Crippen molar-refractivity contribution in [1.82, 2.24) is 5.32 Å². The van der Waals surface area contributed by atoms with Gasteiger partial charge >= 0.3 is 0 Å². The molecule has 1 aromatic rings. The quantitative estimate of drug-likeness (QED) is 0.780. The van der Waals surface area contributed by atoms with Crippen molar-refractivity contribution < 1.29 is 9.47 Å². The van der Waals surface area contributed by atoms with E-state index in [0.717, 1.165) is 18.7 Å². The minimum Gasteiger partial charge on any atom is -0.491 e. The van der Waals surface area contributed by atoms with E-state index in [2.05, 4.69) is 44.3 Å². The molecule has 2 unspecified atom stereocenters. The molecule has 0 aliphatic heterocycles. The summed E-state index contributed by atoms with van der Waals surface area (Å²) in [7, 11) is 1.70. The summed E-state index contributed by atoms with van der Waals surface area (Å²) in [5.74, 6) is 0.958. The van der Waals surface area contributed by atoms with Crippen LogP contribution in [0.4, 0.5) is 0 Å². The van der Waals surface area contributed by atoms with E-state index in [1.165, 1.54) is 11.1 Å². The van der Waals surface area contributed by atoms with Crippen molar-refractivity contribution in [3.05, 3.63) is 29.3 Å². The van der Waals surface area contributed by atoms with E-state index in [0.29, 0.717) is 12.6 Å². The van der Waals surface area contributed by atoms with Crippen LogP contribution in [0.15, 0.2) is 18.2 Å². The molecule has 0 aliphatic rings. The highest BCUT2D eigenvalue weighted by atomic mass is 16.5. The molecule has 2 atom stereocenters. The standard InChI is InChI=1S/C16H27NO2/c1-6-9-17-14(4)15-8-7-12(2)10-16(15)19-11-13(3)18-5/h7-8,10,13-14,17H,6,9,11H2,1-5H3. The van der Waals surface area contributed by atoms with Gasteiger partial charge in [0.1, 0.15) is 12.4 Å². The van der Waals surface area contributed by atoms with Crippen LogP contribution in [-0.2, 0) is 4.74 Å². The van der Waals surface area contributed by atoms with Gasteiger partial charge in [-0.05, 0) is 45.4 Å². The average molecular weight is 265 g/mol. The largest absolute Gasteiger partial charge is 0.491 e. The first-order valence-electron chi connectivity index (χ1n) is 7.08. The molecule has 108 valence electrons. The first kappa shape index (κ1) is 16.0. The lowest BCUT2D eigenvalue weighted by Crippen LogP contribution is -2.21. The SMILES string of the molecule is CCCNC(C)c1ccc(C)cc1OCC(C)OC. The van der Waals surface area contributed by atoms with Gasteiger partial charge in [0.05, 0.1) is 6.10 Å². The number of aryl methyl sites for hydroxylation is 1. The Hall–Kier alpha value is -1.06. The van der Waals surface area contributed by atoms with Gasteiger partial charge in [-0.2, -0.15) is 0 Å². The zero-order valence-electron chi connectivity index (χ0n) is 12.8. The lowest BCUT2D eigenvalue weighted by atomic mass is 10.0. The van der Waals surface area contributed by atoms with Crippen LogP contribution in [0, 0.1) is 6.92 Å². The molecule has 0 heterocycles. The summed E-state index contributed by atoms with van der Waals surface area (Å²) >= 11 is 0. The van der Waals surface area contributed by atoms with Crippen molar-refractivity contribution >= 4 is 0 Å². The Morgan fingerprint density at radius 3 is 2.63 bits per heavy atom. The summed E-state index contributed by atoms with van der Waals surface area (Å²) in [6.07, 6.45) is 1.24. The Bertz CT molecular complexity index is 379. The van der Waals surface area contributed by atoms with Gasteiger partial charge in [-0.1, -0.05) is 19.1 Å². The highest BCUT2D eigenvalue weighted by Crippen LogP contribution is 2.26. The van der Waals surface area contributed by atoms with Crippen LogP contribution in [-0.4, -0.2) is 26.4 Å². The molecule has 0 spiro atoms. The summed E-state index contributed by atoms with van der Waals surface area (Å²) in [6.45, 7) is 10.0. The number of benzene rings is 1. The van der Waals surface area contributed by atoms with Crippen molar-refractivity contribution in [3.8, 4) is 5.75 Å². The smallest absolute Gasteiger partial charge is 0.124 e. The summed E-state index contributed by atoms with van der Waals surface area (Å²) in [5.41, 5.74) is 2.42. The van der Waals surface area contributed by atoms with Gasteiger partial charge in [-0.3, -0.25) is 0 Å². The van der Waals surface area contributed by atoms with Crippen molar-refractivity contribution in [1.29, 1.82) is 0 Å². The van der Waals surface area contributed by atoms with Gasteiger partial charge in [0, 0.05) is 18.7 Å². The molecule has 3 heteroatoms. The average Bonchev–Trinajstić information content (AvgIpc) is 2.42. The maximum absolute atomic E-state index is 5.91. The maximum atomic E-state index is 5.91. The monoisotopic (exact) mass is 265 g/mol. The predicted octanol–water partition coefficient (Wildman–Crippen LogP) is 3.47. The Balaban J connectivity index is 2.78. The van der Waals surface area contributed by atoms with Gasteiger partial charge in [0.25, 0.3) is 0 Å². The first-order valence-corrected chi connectivity index (χ1v) is 7.08. The zero-order chi connectivity index (χ0) is 14.3. The summed E-state index contributed by atoms with van der Waals surface area (Å²) in [5, 5.41) is 3.50. The van der Waals surface area contributed by atoms with E-state index in [-0.39, 0.29) is 6.10 Å². The third-order valence-electron chi connectivity index (χ3n) is 3.21. The fourth-order valence-electron chi connectivity index (χ4n) is 1.87. The third kappa shape index (κ3) is 5.21. The van der Waals surface area contributed by atoms with Crippen molar-refractivity contribution in [3.63, 3.8) is 0 Å². The van der Waals surface area contributed by atoms with Crippen molar-refractivity contribution in [2.75, 3.05) is 20.3 Å². The van der Waals surface area contributed by atoms with Crippen LogP contribution < -0.4 is 10.1 Å². The molecular weight excluding hydrogens is 238 g/mol. The number of methoxy groups -OCH3 is 1. The fraction of sp³-hybridized carbons (Fsp3) is 0.625. The molecule has 0 fully saturated rings. The summed E-state index contributed by atoms with van der Waals surface area (Å²) < 4.78 is 11.1. The van der Waals surface area contributed by atoms with Crippen LogP contribution in [0.2, 0.25) is 0 Å². The fourth-order valence-corrected chi connectivity index (χ4v) is 1.87. The third-order valence-corrected chi connectivity index (χ3v) is 3.21. The van der Waals surface area contributed by atoms with Crippen LogP contribution >= 0.6 is 0 Å². The number of nitrogens with one attached hydrogen (secondary N) is 1. The number of rotatable bonds is 8. The van der Waals surface area contributed by atoms with E-state index >= 15 is 0 Å². The van der Waals surface area contributed by atoms with E-state index in [9.17, 15) is 0 Å². The molecule has 0 aromatic heterocycles. The van der Waals surface area contributed by atoms with Crippen LogP contribution in [0.25, 0.3) is 0 Å². The summed E-state index contributed by atoms with van der Waals surface area (Å²) in [6, 6.07) is 6.68. The maximum Gasteiger partial charge on any atom is 0.124 e. The minimum atomic E-state index is 0.104. The topological polar surface area (TPSA) is 30.5 Å². The van der Waals surface area contributed by atoms with Gasteiger partial charge in [-0.15, -0.1) is 0 Å². The molecule has 0 amide bonds. The molecule has 1 aromatic carbocycles. The highest BCUT2D eigenvalue weighted by Gasteiger charge is 2.12. The zero-order valence-corrected chi connectivity index (χ0v) is 12.8. The molecule has 3 nitrogen and oxygen atoms in total. The molecule has 0 saturated heterocycles. The van der Waals surface area contributed by atoms with Gasteiger partial charge in [0.15, 0.2) is 0 Å². The minimum absolute atomic E-state index is 0.104. The van der Waals surface area contributed by atoms with Crippen LogP contribution in [0.3, 0.4) is 0 Å². The van der Waals surface area contributed by atoms with E-state index in [4.69, 9.17) is 9.47 Å². The van der Waals surface area contributed by atoms with Gasteiger partial charge in [0.2, 0.25) is 0 Å². The van der Waals surface area contributed by atoms with Crippen LogP contribution in [0.1, 0.15) is 44.4 Å². The number of hydrogen-bond donors (Lipinski definition) is 1. The molecule has 0 saturated carbocycles. The molecule has 0 bridgehead atoms. The summed E-state index contributed by atoms with van der Waals surface area (Å²) in [4.78, 5) is 0. The molecule has 1 rings (SSSR count). The van der Waals surface area contributed by atoms with Gasteiger partial charge in [-0.25, -0.2) is 0 Å². The van der Waals surface area contributed by atoms with E-state index in [1.54, 1.807) is 7.11 Å². The van der Waals surface area contributed by atoms with E-state index < -0.39 is 0 Å². The first-order chi connectivity index (χ1) is 9.08. The molecule has 0 aliphatic carbocycles. The lowest BCUT2D eigenvalue weighted by molar-refractivity contribution is 0.0711.